The molecule has 7 nitrogen and oxygen atoms in total. The summed E-state index contributed by atoms with van der Waals surface area (Å²) >= 11 is 0. The van der Waals surface area contributed by atoms with Crippen LogP contribution in [0, 0.1) is 17.1 Å². The predicted octanol–water partition coefficient (Wildman–Crippen LogP) is 2.23. The van der Waals surface area contributed by atoms with Crippen LogP contribution in [0.15, 0.2) is 47.4 Å². The van der Waals surface area contributed by atoms with Gasteiger partial charge in [0.05, 0.1) is 0 Å². The lowest BCUT2D eigenvalue weighted by Crippen LogP contribution is -2.24. The molecule has 0 heterocycles. The Kier molecular flexibility index (Phi) is 5.92. The number of amides is 1. The van der Waals surface area contributed by atoms with E-state index in [0.717, 1.165) is 16.4 Å². The van der Waals surface area contributed by atoms with E-state index in [1.165, 1.54) is 26.2 Å². The van der Waals surface area contributed by atoms with Gasteiger partial charge >= 0.3 is 0 Å². The number of nitrogens with zero attached hydrogens (tertiary/aromatic N) is 2. The zero-order valence-corrected chi connectivity index (χ0v) is 14.9. The Balaban J connectivity index is 2.27. The van der Waals surface area contributed by atoms with Gasteiger partial charge in [0.25, 0.3) is 5.91 Å². The number of anilines is 1. The molecule has 1 amide bonds. The maximum Gasteiger partial charge on any atom is 0.255 e. The highest BCUT2D eigenvalue weighted by molar-refractivity contribution is 7.89. The SMILES string of the molecule is CN(C)S(=O)(=O)c1cc(C(=O)Nc2cccc(OCC#N)c2)ccc1F. The molecule has 0 fully saturated rings. The summed E-state index contributed by atoms with van der Waals surface area (Å²) in [4.78, 5) is 11.8. The van der Waals surface area contributed by atoms with Gasteiger partial charge in [0.1, 0.15) is 22.5 Å². The van der Waals surface area contributed by atoms with Crippen molar-refractivity contribution in [3.8, 4) is 11.8 Å². The van der Waals surface area contributed by atoms with Gasteiger partial charge in [0.2, 0.25) is 10.0 Å². The summed E-state index contributed by atoms with van der Waals surface area (Å²) in [6.07, 6.45) is 0. The fraction of sp³-hybridized carbons (Fsp3) is 0.176. The maximum atomic E-state index is 13.9. The summed E-state index contributed by atoms with van der Waals surface area (Å²) in [5.74, 6) is -1.17. The van der Waals surface area contributed by atoms with E-state index < -0.39 is 26.6 Å². The Hall–Kier alpha value is -2.96. The second kappa shape index (κ2) is 7.95. The molecule has 0 saturated carbocycles. The van der Waals surface area contributed by atoms with Gasteiger partial charge in [0.15, 0.2) is 6.61 Å². The highest BCUT2D eigenvalue weighted by Crippen LogP contribution is 2.21. The molecule has 0 aliphatic rings. The minimum absolute atomic E-state index is 0.0184. The first-order chi connectivity index (χ1) is 12.3. The Labute approximate surface area is 150 Å². The number of hydrogen-bond donors (Lipinski definition) is 1. The maximum absolute atomic E-state index is 13.9. The molecule has 26 heavy (non-hydrogen) atoms. The minimum atomic E-state index is -4.03. The van der Waals surface area contributed by atoms with Gasteiger partial charge in [-0.25, -0.2) is 17.1 Å². The van der Waals surface area contributed by atoms with Crippen LogP contribution in [-0.4, -0.2) is 39.3 Å². The zero-order valence-electron chi connectivity index (χ0n) is 14.1. The molecule has 0 unspecified atom stereocenters. The molecule has 2 aromatic carbocycles. The first kappa shape index (κ1) is 19.4. The number of nitriles is 1. The lowest BCUT2D eigenvalue weighted by molar-refractivity contribution is 0.102. The lowest BCUT2D eigenvalue weighted by atomic mass is 10.2. The largest absolute Gasteiger partial charge is 0.479 e. The van der Waals surface area contributed by atoms with Gasteiger partial charge < -0.3 is 10.1 Å². The lowest BCUT2D eigenvalue weighted by Gasteiger charge is -2.13. The Morgan fingerprint density at radius 3 is 2.65 bits per heavy atom. The van der Waals surface area contributed by atoms with Gasteiger partial charge in [-0.05, 0) is 30.3 Å². The third-order valence-corrected chi connectivity index (χ3v) is 5.18. The molecule has 1 N–H and O–H groups in total. The van der Waals surface area contributed by atoms with Gasteiger partial charge in [-0.15, -0.1) is 0 Å². The van der Waals surface area contributed by atoms with Gasteiger partial charge in [-0.1, -0.05) is 6.07 Å². The van der Waals surface area contributed by atoms with Crippen LogP contribution in [0.1, 0.15) is 10.4 Å². The Morgan fingerprint density at radius 1 is 1.27 bits per heavy atom. The van der Waals surface area contributed by atoms with Crippen molar-refractivity contribution in [3.05, 3.63) is 53.8 Å². The van der Waals surface area contributed by atoms with Crippen molar-refractivity contribution >= 4 is 21.6 Å². The summed E-state index contributed by atoms with van der Waals surface area (Å²) < 4.78 is 44.2. The second-order valence-electron chi connectivity index (χ2n) is 5.36. The molecule has 0 aliphatic heterocycles. The summed E-state index contributed by atoms with van der Waals surface area (Å²) in [5, 5.41) is 11.1. The second-order valence-corrected chi connectivity index (χ2v) is 7.48. The van der Waals surface area contributed by atoms with Crippen LogP contribution in [0.25, 0.3) is 0 Å². The van der Waals surface area contributed by atoms with Crippen LogP contribution < -0.4 is 10.1 Å². The van der Waals surface area contributed by atoms with Crippen LogP contribution in [-0.2, 0) is 10.0 Å². The molecular formula is C17H16FN3O4S. The number of carbonyl (C=O) groups is 1. The predicted molar refractivity (Wildman–Crippen MR) is 92.8 cm³/mol. The van der Waals surface area contributed by atoms with Crippen molar-refractivity contribution in [2.75, 3.05) is 26.0 Å². The molecule has 9 heteroatoms. The first-order valence-electron chi connectivity index (χ1n) is 7.39. The van der Waals surface area contributed by atoms with Crippen LogP contribution in [0.2, 0.25) is 0 Å². The van der Waals surface area contributed by atoms with E-state index >= 15 is 0 Å². The number of hydrogen-bond acceptors (Lipinski definition) is 5. The normalized spacial score (nSPS) is 11.0. The number of sulfonamides is 1. The Morgan fingerprint density at radius 2 is 2.00 bits per heavy atom. The van der Waals surface area contributed by atoms with Crippen molar-refractivity contribution in [1.82, 2.24) is 4.31 Å². The van der Waals surface area contributed by atoms with E-state index in [1.54, 1.807) is 18.2 Å². The minimum Gasteiger partial charge on any atom is -0.479 e. The van der Waals surface area contributed by atoms with Crippen LogP contribution in [0.3, 0.4) is 0 Å². The molecule has 0 spiro atoms. The van der Waals surface area contributed by atoms with E-state index in [-0.39, 0.29) is 12.2 Å². The molecule has 0 radical (unpaired) electrons. The van der Waals surface area contributed by atoms with Gasteiger partial charge in [0, 0.05) is 31.4 Å². The zero-order chi connectivity index (χ0) is 19.3. The molecule has 2 rings (SSSR count). The molecule has 0 aromatic heterocycles. The molecule has 0 saturated heterocycles. The molecular weight excluding hydrogens is 361 g/mol. The van der Waals surface area contributed by atoms with Crippen LogP contribution in [0.4, 0.5) is 10.1 Å². The van der Waals surface area contributed by atoms with Gasteiger partial charge in [-0.3, -0.25) is 4.79 Å². The standard InChI is InChI=1S/C17H16FN3O4S/c1-21(2)26(23,24)16-10-12(6-7-15(16)18)17(22)20-13-4-3-5-14(11-13)25-9-8-19/h3-7,10-11H,9H2,1-2H3,(H,20,22). The summed E-state index contributed by atoms with van der Waals surface area (Å²) in [5.41, 5.74) is 0.363. The van der Waals surface area contributed by atoms with E-state index in [4.69, 9.17) is 10.00 Å². The van der Waals surface area contributed by atoms with Crippen molar-refractivity contribution < 1.29 is 22.3 Å². The van der Waals surface area contributed by atoms with Gasteiger partial charge in [-0.2, -0.15) is 5.26 Å². The quantitative estimate of drug-likeness (QED) is 0.832. The highest BCUT2D eigenvalue weighted by Gasteiger charge is 2.23. The fourth-order valence-electron chi connectivity index (χ4n) is 2.02. The van der Waals surface area contributed by atoms with Crippen molar-refractivity contribution in [2.45, 2.75) is 4.90 Å². The third kappa shape index (κ3) is 4.36. The van der Waals surface area contributed by atoms with Crippen molar-refractivity contribution in [2.24, 2.45) is 0 Å². The number of ether oxygens (including phenoxy) is 1. The summed E-state index contributed by atoms with van der Waals surface area (Å²) in [6.45, 7) is -0.138. The number of benzene rings is 2. The van der Waals surface area contributed by atoms with Crippen molar-refractivity contribution in [1.29, 1.82) is 5.26 Å². The number of carbonyl (C=O) groups excluding carboxylic acids is 1. The third-order valence-electron chi connectivity index (χ3n) is 3.35. The van der Waals surface area contributed by atoms with E-state index in [1.807, 2.05) is 6.07 Å². The molecule has 0 atom stereocenters. The fourth-order valence-corrected chi connectivity index (χ4v) is 3.01. The van der Waals surface area contributed by atoms with E-state index in [9.17, 15) is 17.6 Å². The van der Waals surface area contributed by atoms with E-state index in [2.05, 4.69) is 5.32 Å². The number of rotatable bonds is 6. The topological polar surface area (TPSA) is 99.5 Å². The number of halogens is 1. The summed E-state index contributed by atoms with van der Waals surface area (Å²) in [6, 6.07) is 11.3. The first-order valence-corrected chi connectivity index (χ1v) is 8.83. The Bertz CT molecular complexity index is 968. The van der Waals surface area contributed by atoms with Crippen molar-refractivity contribution in [3.63, 3.8) is 0 Å². The monoisotopic (exact) mass is 377 g/mol. The van der Waals surface area contributed by atoms with Crippen LogP contribution in [0.5, 0.6) is 5.75 Å². The average Bonchev–Trinajstić information content (AvgIpc) is 2.60. The summed E-state index contributed by atoms with van der Waals surface area (Å²) in [7, 11) is -1.48. The highest BCUT2D eigenvalue weighted by atomic mass is 32.2. The smallest absolute Gasteiger partial charge is 0.255 e. The molecule has 0 bridgehead atoms. The van der Waals surface area contributed by atoms with E-state index in [0.29, 0.717) is 11.4 Å². The number of nitrogens with one attached hydrogen (secondary N) is 1. The molecule has 136 valence electrons. The molecule has 2 aromatic rings. The van der Waals surface area contributed by atoms with Crippen LogP contribution >= 0.6 is 0 Å². The molecule has 0 aliphatic carbocycles. The average molecular weight is 377 g/mol.